The Bertz CT molecular complexity index is 929. The van der Waals surface area contributed by atoms with Gasteiger partial charge >= 0.3 is 0 Å². The van der Waals surface area contributed by atoms with Crippen molar-refractivity contribution in [2.45, 2.75) is 6.92 Å². The van der Waals surface area contributed by atoms with Gasteiger partial charge in [0.2, 0.25) is 0 Å². The van der Waals surface area contributed by atoms with E-state index in [4.69, 9.17) is 5.84 Å². The number of para-hydroxylation sites is 1. The average Bonchev–Trinajstić information content (AvgIpc) is 2.61. The quantitative estimate of drug-likeness (QED) is 0.387. The smallest absolute Gasteiger partial charge is 0.267 e. The van der Waals surface area contributed by atoms with E-state index in [9.17, 15) is 9.18 Å². The number of nitrogens with one attached hydrogen (secondary N) is 2. The SMILES string of the molecule is Cc1cc(Nc2ccccc2C(=O)NN)nc(-c2cccc(F)c2)n1. The molecule has 0 atom stereocenters. The van der Waals surface area contributed by atoms with E-state index in [1.807, 2.05) is 6.92 Å². The van der Waals surface area contributed by atoms with Crippen molar-refractivity contribution >= 4 is 17.4 Å². The van der Waals surface area contributed by atoms with Gasteiger partial charge in [-0.2, -0.15) is 0 Å². The molecule has 0 radical (unpaired) electrons. The lowest BCUT2D eigenvalue weighted by Crippen LogP contribution is -2.30. The van der Waals surface area contributed by atoms with Crippen LogP contribution in [0.2, 0.25) is 0 Å². The number of carbonyl (C=O) groups is 1. The van der Waals surface area contributed by atoms with Crippen LogP contribution in [-0.4, -0.2) is 15.9 Å². The van der Waals surface area contributed by atoms with Gasteiger partial charge in [0.1, 0.15) is 11.6 Å². The monoisotopic (exact) mass is 337 g/mol. The Morgan fingerprint density at radius 3 is 2.64 bits per heavy atom. The van der Waals surface area contributed by atoms with Crippen LogP contribution in [-0.2, 0) is 0 Å². The molecule has 1 amide bonds. The van der Waals surface area contributed by atoms with E-state index in [1.54, 1.807) is 42.5 Å². The summed E-state index contributed by atoms with van der Waals surface area (Å²) in [6.45, 7) is 1.81. The fraction of sp³-hybridized carbons (Fsp3) is 0.0556. The highest BCUT2D eigenvalue weighted by Gasteiger charge is 2.11. The van der Waals surface area contributed by atoms with Gasteiger partial charge in [-0.3, -0.25) is 10.2 Å². The lowest BCUT2D eigenvalue weighted by molar-refractivity contribution is 0.0954. The number of anilines is 2. The van der Waals surface area contributed by atoms with Crippen LogP contribution < -0.4 is 16.6 Å². The van der Waals surface area contributed by atoms with Crippen LogP contribution in [0.5, 0.6) is 0 Å². The molecule has 6 nitrogen and oxygen atoms in total. The number of aryl methyl sites for hydroxylation is 1. The Labute approximate surface area is 143 Å². The zero-order chi connectivity index (χ0) is 17.8. The molecule has 1 aromatic heterocycles. The summed E-state index contributed by atoms with van der Waals surface area (Å²) < 4.78 is 13.5. The van der Waals surface area contributed by atoms with E-state index in [-0.39, 0.29) is 5.82 Å². The third kappa shape index (κ3) is 3.78. The summed E-state index contributed by atoms with van der Waals surface area (Å²) in [5.41, 5.74) is 4.32. The molecule has 0 saturated carbocycles. The second-order valence-corrected chi connectivity index (χ2v) is 5.37. The van der Waals surface area contributed by atoms with E-state index in [1.165, 1.54) is 12.1 Å². The maximum atomic E-state index is 13.5. The predicted molar refractivity (Wildman–Crippen MR) is 93.5 cm³/mol. The van der Waals surface area contributed by atoms with Crippen molar-refractivity contribution in [3.63, 3.8) is 0 Å². The van der Waals surface area contributed by atoms with E-state index in [0.29, 0.717) is 34.2 Å². The Morgan fingerprint density at radius 2 is 1.88 bits per heavy atom. The van der Waals surface area contributed by atoms with Gasteiger partial charge in [-0.15, -0.1) is 0 Å². The first kappa shape index (κ1) is 16.5. The number of nitrogens with two attached hydrogens (primary N) is 1. The molecule has 3 aromatic rings. The first-order chi connectivity index (χ1) is 12.1. The molecule has 0 aliphatic carbocycles. The van der Waals surface area contributed by atoms with Gasteiger partial charge in [-0.25, -0.2) is 20.2 Å². The number of amides is 1. The Balaban J connectivity index is 1.98. The van der Waals surface area contributed by atoms with Crippen LogP contribution in [0.4, 0.5) is 15.9 Å². The van der Waals surface area contributed by atoms with Crippen LogP contribution in [0.15, 0.2) is 54.6 Å². The summed E-state index contributed by atoms with van der Waals surface area (Å²) in [5.74, 6) is 5.32. The van der Waals surface area contributed by atoms with Gasteiger partial charge in [0.05, 0.1) is 11.3 Å². The molecule has 0 bridgehead atoms. The number of hydrogen-bond donors (Lipinski definition) is 3. The molecule has 0 aliphatic heterocycles. The second-order valence-electron chi connectivity index (χ2n) is 5.37. The third-order valence-corrected chi connectivity index (χ3v) is 3.50. The van der Waals surface area contributed by atoms with Crippen molar-refractivity contribution < 1.29 is 9.18 Å². The largest absolute Gasteiger partial charge is 0.339 e. The van der Waals surface area contributed by atoms with E-state index < -0.39 is 5.91 Å². The van der Waals surface area contributed by atoms with Gasteiger partial charge < -0.3 is 5.32 Å². The molecule has 0 unspecified atom stereocenters. The molecule has 126 valence electrons. The minimum Gasteiger partial charge on any atom is -0.339 e. The van der Waals surface area contributed by atoms with E-state index in [2.05, 4.69) is 20.7 Å². The lowest BCUT2D eigenvalue weighted by atomic mass is 10.1. The van der Waals surface area contributed by atoms with Crippen molar-refractivity contribution in [3.05, 3.63) is 71.7 Å². The van der Waals surface area contributed by atoms with Gasteiger partial charge in [0, 0.05) is 17.3 Å². The highest BCUT2D eigenvalue weighted by Crippen LogP contribution is 2.23. The van der Waals surface area contributed by atoms with E-state index in [0.717, 1.165) is 0 Å². The second kappa shape index (κ2) is 7.06. The number of hydrazine groups is 1. The normalized spacial score (nSPS) is 10.4. The Hall–Kier alpha value is -3.32. The number of nitrogens with zero attached hydrogens (tertiary/aromatic N) is 2. The van der Waals surface area contributed by atoms with Crippen molar-refractivity contribution in [1.82, 2.24) is 15.4 Å². The number of halogens is 1. The average molecular weight is 337 g/mol. The predicted octanol–water partition coefficient (Wildman–Crippen LogP) is 2.94. The van der Waals surface area contributed by atoms with Gasteiger partial charge in [-0.1, -0.05) is 24.3 Å². The molecule has 25 heavy (non-hydrogen) atoms. The van der Waals surface area contributed by atoms with Crippen LogP contribution in [0.3, 0.4) is 0 Å². The number of carbonyl (C=O) groups excluding carboxylic acids is 1. The minimum absolute atomic E-state index is 0.359. The van der Waals surface area contributed by atoms with Gasteiger partial charge in [0.15, 0.2) is 5.82 Å². The van der Waals surface area contributed by atoms with Crippen molar-refractivity contribution in [2.24, 2.45) is 5.84 Å². The molecule has 2 aromatic carbocycles. The van der Waals surface area contributed by atoms with Gasteiger partial charge in [-0.05, 0) is 31.2 Å². The maximum Gasteiger partial charge on any atom is 0.267 e. The molecule has 1 heterocycles. The van der Waals surface area contributed by atoms with Crippen LogP contribution in [0.25, 0.3) is 11.4 Å². The molecule has 0 fully saturated rings. The topological polar surface area (TPSA) is 92.9 Å². The number of aromatic nitrogens is 2. The number of hydrogen-bond acceptors (Lipinski definition) is 5. The van der Waals surface area contributed by atoms with Crippen molar-refractivity contribution in [3.8, 4) is 11.4 Å². The number of nitrogen functional groups attached to an aromatic ring is 1. The van der Waals surface area contributed by atoms with Crippen molar-refractivity contribution in [1.29, 1.82) is 0 Å². The molecule has 7 heteroatoms. The summed E-state index contributed by atoms with van der Waals surface area (Å²) in [5, 5.41) is 3.09. The highest BCUT2D eigenvalue weighted by molar-refractivity contribution is 5.99. The number of rotatable bonds is 4. The summed E-state index contributed by atoms with van der Waals surface area (Å²) in [6.07, 6.45) is 0. The third-order valence-electron chi connectivity index (χ3n) is 3.50. The maximum absolute atomic E-state index is 13.5. The fourth-order valence-electron chi connectivity index (χ4n) is 2.40. The summed E-state index contributed by atoms with van der Waals surface area (Å²) in [6, 6.07) is 14.7. The zero-order valence-corrected chi connectivity index (χ0v) is 13.5. The summed E-state index contributed by atoms with van der Waals surface area (Å²) in [7, 11) is 0. The molecule has 4 N–H and O–H groups in total. The van der Waals surface area contributed by atoms with E-state index >= 15 is 0 Å². The van der Waals surface area contributed by atoms with Crippen molar-refractivity contribution in [2.75, 3.05) is 5.32 Å². The summed E-state index contributed by atoms with van der Waals surface area (Å²) in [4.78, 5) is 20.6. The first-order valence-corrected chi connectivity index (χ1v) is 7.55. The van der Waals surface area contributed by atoms with Crippen LogP contribution in [0.1, 0.15) is 16.1 Å². The standard InChI is InChI=1S/C18H16FN5O/c1-11-9-16(22-15-8-3-2-7-14(15)18(25)24-20)23-17(21-11)12-5-4-6-13(19)10-12/h2-10H,20H2,1H3,(H,24,25)(H,21,22,23). The molecular weight excluding hydrogens is 321 g/mol. The van der Waals surface area contributed by atoms with Crippen LogP contribution in [0, 0.1) is 12.7 Å². The molecular formula is C18H16FN5O. The first-order valence-electron chi connectivity index (χ1n) is 7.55. The summed E-state index contributed by atoms with van der Waals surface area (Å²) >= 11 is 0. The molecule has 3 rings (SSSR count). The minimum atomic E-state index is -0.417. The zero-order valence-electron chi connectivity index (χ0n) is 13.5. The highest BCUT2D eigenvalue weighted by atomic mass is 19.1. The number of benzene rings is 2. The molecule has 0 aliphatic rings. The Kier molecular flexibility index (Phi) is 4.67. The fourth-order valence-corrected chi connectivity index (χ4v) is 2.40. The molecule has 0 saturated heterocycles. The Morgan fingerprint density at radius 1 is 1.08 bits per heavy atom. The van der Waals surface area contributed by atoms with Crippen LogP contribution >= 0.6 is 0 Å². The van der Waals surface area contributed by atoms with Gasteiger partial charge in [0.25, 0.3) is 5.91 Å². The molecule has 0 spiro atoms. The lowest BCUT2D eigenvalue weighted by Gasteiger charge is -2.12.